The Hall–Kier alpha value is -1.43. The van der Waals surface area contributed by atoms with E-state index in [1.54, 1.807) is 14.2 Å². The molecule has 0 fully saturated rings. The highest BCUT2D eigenvalue weighted by Gasteiger charge is 2.16. The standard InChI is InChI=1S/C17H26N2O3/c1-11(2)17-19-14-9-13(8-12(3)16(14)22-17)15(10-21-5)18-6-7-20-4/h8-9,11,15,18H,6-7,10H2,1-5H3/t15-/m1/s1. The molecule has 122 valence electrons. The SMILES string of the molecule is COCCN[C@H](COC)c1cc(C)c2oc(C(C)C)nc2c1. The Morgan fingerprint density at radius 3 is 2.64 bits per heavy atom. The fourth-order valence-corrected chi connectivity index (χ4v) is 2.47. The Morgan fingerprint density at radius 2 is 2.00 bits per heavy atom. The first-order chi connectivity index (χ1) is 10.6. The average Bonchev–Trinajstić information content (AvgIpc) is 2.91. The van der Waals surface area contributed by atoms with Crippen LogP contribution in [-0.2, 0) is 9.47 Å². The molecule has 0 unspecified atom stereocenters. The number of fused-ring (bicyclic) bond motifs is 1. The van der Waals surface area contributed by atoms with Crippen LogP contribution in [0.25, 0.3) is 11.1 Å². The highest BCUT2D eigenvalue weighted by Crippen LogP contribution is 2.27. The van der Waals surface area contributed by atoms with Crippen LogP contribution in [0.3, 0.4) is 0 Å². The van der Waals surface area contributed by atoms with Crippen molar-refractivity contribution in [2.75, 3.05) is 34.0 Å². The van der Waals surface area contributed by atoms with E-state index in [4.69, 9.17) is 13.9 Å². The molecule has 0 radical (unpaired) electrons. The van der Waals surface area contributed by atoms with Crippen molar-refractivity contribution in [3.8, 4) is 0 Å². The van der Waals surface area contributed by atoms with E-state index in [-0.39, 0.29) is 12.0 Å². The lowest BCUT2D eigenvalue weighted by Crippen LogP contribution is -2.28. The van der Waals surface area contributed by atoms with Gasteiger partial charge in [0.25, 0.3) is 0 Å². The number of benzene rings is 1. The fraction of sp³-hybridized carbons (Fsp3) is 0.588. The average molecular weight is 306 g/mol. The maximum absolute atomic E-state index is 5.87. The van der Waals surface area contributed by atoms with Crippen molar-refractivity contribution in [3.63, 3.8) is 0 Å². The highest BCUT2D eigenvalue weighted by molar-refractivity contribution is 5.77. The maximum Gasteiger partial charge on any atom is 0.198 e. The summed E-state index contributed by atoms with van der Waals surface area (Å²) in [6.45, 7) is 8.27. The molecule has 2 aromatic rings. The first-order valence-electron chi connectivity index (χ1n) is 7.69. The number of nitrogens with zero attached hydrogens (tertiary/aromatic N) is 1. The number of hydrogen-bond acceptors (Lipinski definition) is 5. The molecular formula is C17H26N2O3. The zero-order valence-electron chi connectivity index (χ0n) is 14.1. The van der Waals surface area contributed by atoms with Crippen molar-refractivity contribution in [3.05, 3.63) is 29.2 Å². The molecular weight excluding hydrogens is 280 g/mol. The third-order valence-electron chi connectivity index (χ3n) is 3.64. The van der Waals surface area contributed by atoms with Crippen LogP contribution in [0.5, 0.6) is 0 Å². The molecule has 0 bridgehead atoms. The lowest BCUT2D eigenvalue weighted by molar-refractivity contribution is 0.153. The molecule has 0 saturated heterocycles. The van der Waals surface area contributed by atoms with Crippen molar-refractivity contribution in [2.45, 2.75) is 32.7 Å². The zero-order valence-corrected chi connectivity index (χ0v) is 14.1. The fourth-order valence-electron chi connectivity index (χ4n) is 2.47. The van der Waals surface area contributed by atoms with Crippen molar-refractivity contribution >= 4 is 11.1 Å². The Balaban J connectivity index is 2.31. The second-order valence-electron chi connectivity index (χ2n) is 5.85. The van der Waals surface area contributed by atoms with E-state index in [0.717, 1.165) is 34.7 Å². The molecule has 22 heavy (non-hydrogen) atoms. The second kappa shape index (κ2) is 7.72. The number of methoxy groups -OCH3 is 2. The highest BCUT2D eigenvalue weighted by atomic mass is 16.5. The number of hydrogen-bond donors (Lipinski definition) is 1. The first kappa shape index (κ1) is 16.9. The molecule has 0 saturated carbocycles. The molecule has 5 nitrogen and oxygen atoms in total. The summed E-state index contributed by atoms with van der Waals surface area (Å²) in [4.78, 5) is 4.61. The molecule has 5 heteroatoms. The van der Waals surface area contributed by atoms with Crippen LogP contribution in [0.15, 0.2) is 16.5 Å². The van der Waals surface area contributed by atoms with Crippen LogP contribution in [0, 0.1) is 6.92 Å². The minimum atomic E-state index is 0.113. The van der Waals surface area contributed by atoms with Gasteiger partial charge in [0.05, 0.1) is 19.3 Å². The van der Waals surface area contributed by atoms with Crippen LogP contribution >= 0.6 is 0 Å². The van der Waals surface area contributed by atoms with Gasteiger partial charge in [-0.3, -0.25) is 0 Å². The maximum atomic E-state index is 5.87. The number of aryl methyl sites for hydroxylation is 1. The third-order valence-corrected chi connectivity index (χ3v) is 3.64. The number of ether oxygens (including phenoxy) is 2. The summed E-state index contributed by atoms with van der Waals surface area (Å²) in [5.41, 5.74) is 4.04. The molecule has 1 atom stereocenters. The van der Waals surface area contributed by atoms with Gasteiger partial charge in [-0.05, 0) is 24.1 Å². The summed E-state index contributed by atoms with van der Waals surface area (Å²) in [6, 6.07) is 4.34. The molecule has 0 aliphatic heterocycles. The molecule has 1 heterocycles. The Bertz CT molecular complexity index is 607. The van der Waals surface area contributed by atoms with E-state index in [9.17, 15) is 0 Å². The van der Waals surface area contributed by atoms with E-state index in [1.807, 2.05) is 0 Å². The van der Waals surface area contributed by atoms with Gasteiger partial charge < -0.3 is 19.2 Å². The minimum Gasteiger partial charge on any atom is -0.440 e. The van der Waals surface area contributed by atoms with Crippen LogP contribution in [0.2, 0.25) is 0 Å². The van der Waals surface area contributed by atoms with Gasteiger partial charge in [-0.2, -0.15) is 0 Å². The third kappa shape index (κ3) is 3.85. The van der Waals surface area contributed by atoms with E-state index >= 15 is 0 Å². The topological polar surface area (TPSA) is 56.5 Å². The summed E-state index contributed by atoms with van der Waals surface area (Å²) in [5, 5.41) is 3.45. The van der Waals surface area contributed by atoms with Crippen molar-refractivity contribution < 1.29 is 13.9 Å². The Morgan fingerprint density at radius 1 is 1.23 bits per heavy atom. The largest absolute Gasteiger partial charge is 0.440 e. The summed E-state index contributed by atoms with van der Waals surface area (Å²) in [6.07, 6.45) is 0. The number of oxazole rings is 1. The molecule has 1 aromatic carbocycles. The second-order valence-corrected chi connectivity index (χ2v) is 5.85. The molecule has 0 amide bonds. The quantitative estimate of drug-likeness (QED) is 0.759. The van der Waals surface area contributed by atoms with E-state index in [2.05, 4.69) is 43.2 Å². The molecule has 0 aliphatic rings. The molecule has 1 N–H and O–H groups in total. The van der Waals surface area contributed by atoms with Gasteiger partial charge in [-0.25, -0.2) is 4.98 Å². The number of aromatic nitrogens is 1. The number of rotatable bonds is 8. The lowest BCUT2D eigenvalue weighted by Gasteiger charge is -2.18. The van der Waals surface area contributed by atoms with Gasteiger partial charge >= 0.3 is 0 Å². The van der Waals surface area contributed by atoms with Gasteiger partial charge in [-0.1, -0.05) is 19.9 Å². The lowest BCUT2D eigenvalue weighted by atomic mass is 10.0. The van der Waals surface area contributed by atoms with Crippen molar-refractivity contribution in [1.29, 1.82) is 0 Å². The summed E-state index contributed by atoms with van der Waals surface area (Å²) in [7, 11) is 3.41. The van der Waals surface area contributed by atoms with E-state index < -0.39 is 0 Å². The predicted molar refractivity (Wildman–Crippen MR) is 87.3 cm³/mol. The molecule has 0 spiro atoms. The summed E-state index contributed by atoms with van der Waals surface area (Å²) >= 11 is 0. The summed E-state index contributed by atoms with van der Waals surface area (Å²) in [5.74, 6) is 1.07. The van der Waals surface area contributed by atoms with Crippen LogP contribution < -0.4 is 5.32 Å². The van der Waals surface area contributed by atoms with Crippen LogP contribution in [0.4, 0.5) is 0 Å². The van der Waals surface area contributed by atoms with Crippen LogP contribution in [-0.4, -0.2) is 39.0 Å². The van der Waals surface area contributed by atoms with Gasteiger partial charge in [-0.15, -0.1) is 0 Å². The molecule has 2 rings (SSSR count). The Labute approximate surface area is 132 Å². The summed E-state index contributed by atoms with van der Waals surface area (Å²) < 4.78 is 16.3. The van der Waals surface area contributed by atoms with Gasteiger partial charge in [0.1, 0.15) is 5.52 Å². The number of nitrogens with one attached hydrogen (secondary N) is 1. The van der Waals surface area contributed by atoms with E-state index in [0.29, 0.717) is 13.2 Å². The van der Waals surface area contributed by atoms with Crippen LogP contribution in [0.1, 0.15) is 42.8 Å². The van der Waals surface area contributed by atoms with Gasteiger partial charge in [0.2, 0.25) is 0 Å². The van der Waals surface area contributed by atoms with Gasteiger partial charge in [0.15, 0.2) is 11.5 Å². The smallest absolute Gasteiger partial charge is 0.198 e. The Kier molecular flexibility index (Phi) is 5.94. The zero-order chi connectivity index (χ0) is 16.1. The van der Waals surface area contributed by atoms with E-state index in [1.165, 1.54) is 0 Å². The molecule has 1 aromatic heterocycles. The predicted octanol–water partition coefficient (Wildman–Crippen LogP) is 3.18. The van der Waals surface area contributed by atoms with Gasteiger partial charge in [0, 0.05) is 26.7 Å². The van der Waals surface area contributed by atoms with Crippen molar-refractivity contribution in [2.24, 2.45) is 0 Å². The molecule has 0 aliphatic carbocycles. The monoisotopic (exact) mass is 306 g/mol. The minimum absolute atomic E-state index is 0.113. The normalized spacial score (nSPS) is 13.2. The van der Waals surface area contributed by atoms with Crippen molar-refractivity contribution in [1.82, 2.24) is 10.3 Å². The first-order valence-corrected chi connectivity index (χ1v) is 7.69.